The van der Waals surface area contributed by atoms with E-state index in [4.69, 9.17) is 4.74 Å². The van der Waals surface area contributed by atoms with E-state index >= 15 is 0 Å². The lowest BCUT2D eigenvalue weighted by molar-refractivity contribution is 0.0370. The lowest BCUT2D eigenvalue weighted by atomic mass is 9.75. The Balaban J connectivity index is 1.46. The van der Waals surface area contributed by atoms with Gasteiger partial charge in [-0.05, 0) is 61.1 Å². The van der Waals surface area contributed by atoms with Gasteiger partial charge in [0.15, 0.2) is 11.6 Å². The predicted molar refractivity (Wildman–Crippen MR) is 114 cm³/mol. The first-order chi connectivity index (χ1) is 15.0. The van der Waals surface area contributed by atoms with Crippen LogP contribution >= 0.6 is 0 Å². The Hall–Kier alpha value is -3.54. The number of aromatic nitrogens is 1. The third-order valence-electron chi connectivity index (χ3n) is 5.96. The zero-order valence-electron chi connectivity index (χ0n) is 16.9. The maximum atomic E-state index is 13.8. The number of rotatable bonds is 3. The van der Waals surface area contributed by atoms with Crippen LogP contribution in [0.25, 0.3) is 5.57 Å². The summed E-state index contributed by atoms with van der Waals surface area (Å²) in [6, 6.07) is 13.1. The summed E-state index contributed by atoms with van der Waals surface area (Å²) in [6.07, 6.45) is 6.99. The van der Waals surface area contributed by atoms with Crippen molar-refractivity contribution in [1.82, 2.24) is 4.98 Å². The van der Waals surface area contributed by atoms with Crippen LogP contribution in [0.5, 0.6) is 5.75 Å². The molecule has 2 heterocycles. The summed E-state index contributed by atoms with van der Waals surface area (Å²) in [5.41, 5.74) is 3.67. The Kier molecular flexibility index (Phi) is 4.58. The van der Waals surface area contributed by atoms with Crippen LogP contribution < -0.4 is 10.1 Å². The van der Waals surface area contributed by atoms with Crippen molar-refractivity contribution in [3.8, 4) is 5.75 Å². The number of carbonyl (C=O) groups is 1. The fourth-order valence-corrected chi connectivity index (χ4v) is 4.10. The van der Waals surface area contributed by atoms with E-state index in [1.165, 1.54) is 0 Å². The normalized spacial score (nSPS) is 16.0. The molecule has 6 heteroatoms. The number of amides is 1. The standard InChI is InChI=1S/C25H20F2N2O2/c1-15-4-2-5-18-19(12-25(10-3-11-25)31-23(15)18)16-6-8-17(9-7-16)24(30)29-22-20(26)13-28-14-21(22)27/h2,4-9,12-14H,3,10-11H2,1H3,(H,28,29,30). The number of nitrogens with zero attached hydrogens (tertiary/aromatic N) is 1. The number of hydrogen-bond acceptors (Lipinski definition) is 3. The molecule has 156 valence electrons. The Morgan fingerprint density at radius 2 is 1.77 bits per heavy atom. The molecular weight excluding hydrogens is 398 g/mol. The Morgan fingerprint density at radius 1 is 1.06 bits per heavy atom. The van der Waals surface area contributed by atoms with E-state index in [1.54, 1.807) is 12.1 Å². The molecule has 0 radical (unpaired) electrons. The molecule has 0 unspecified atom stereocenters. The first kappa shape index (κ1) is 19.4. The summed E-state index contributed by atoms with van der Waals surface area (Å²) >= 11 is 0. The molecule has 1 aliphatic heterocycles. The molecule has 31 heavy (non-hydrogen) atoms. The average molecular weight is 418 g/mol. The smallest absolute Gasteiger partial charge is 0.255 e. The highest BCUT2D eigenvalue weighted by atomic mass is 19.1. The molecule has 0 saturated heterocycles. The number of aryl methyl sites for hydroxylation is 1. The molecule has 1 spiro atoms. The van der Waals surface area contributed by atoms with Crippen LogP contribution in [0.3, 0.4) is 0 Å². The van der Waals surface area contributed by atoms with Gasteiger partial charge in [-0.25, -0.2) is 8.78 Å². The zero-order valence-corrected chi connectivity index (χ0v) is 16.9. The number of para-hydroxylation sites is 1. The summed E-state index contributed by atoms with van der Waals surface area (Å²) in [5, 5.41) is 2.28. The van der Waals surface area contributed by atoms with E-state index in [-0.39, 0.29) is 5.60 Å². The lowest BCUT2D eigenvalue weighted by Gasteiger charge is -2.44. The van der Waals surface area contributed by atoms with Crippen LogP contribution in [-0.4, -0.2) is 16.5 Å². The lowest BCUT2D eigenvalue weighted by Crippen LogP contribution is -2.43. The summed E-state index contributed by atoms with van der Waals surface area (Å²) < 4.78 is 33.9. The van der Waals surface area contributed by atoms with Gasteiger partial charge in [0, 0.05) is 11.1 Å². The molecule has 0 atom stereocenters. The maximum Gasteiger partial charge on any atom is 0.255 e. The third-order valence-corrected chi connectivity index (χ3v) is 5.96. The predicted octanol–water partition coefficient (Wildman–Crippen LogP) is 5.67. The Labute approximate surface area is 178 Å². The summed E-state index contributed by atoms with van der Waals surface area (Å²) in [6.45, 7) is 2.04. The molecule has 1 amide bonds. The van der Waals surface area contributed by atoms with Crippen molar-refractivity contribution >= 4 is 17.2 Å². The molecule has 4 nitrogen and oxygen atoms in total. The highest BCUT2D eigenvalue weighted by Gasteiger charge is 2.41. The fraction of sp³-hybridized carbons (Fsp3) is 0.200. The molecule has 1 aromatic heterocycles. The minimum Gasteiger partial charge on any atom is -0.482 e. The second-order valence-electron chi connectivity index (χ2n) is 8.04. The van der Waals surface area contributed by atoms with Crippen molar-refractivity contribution in [3.05, 3.63) is 94.8 Å². The third kappa shape index (κ3) is 3.38. The second-order valence-corrected chi connectivity index (χ2v) is 8.04. The monoisotopic (exact) mass is 418 g/mol. The summed E-state index contributed by atoms with van der Waals surface area (Å²) in [7, 11) is 0. The Morgan fingerprint density at radius 3 is 2.42 bits per heavy atom. The van der Waals surface area contributed by atoms with E-state index in [1.807, 2.05) is 37.3 Å². The molecular formula is C25H20F2N2O2. The number of benzene rings is 2. The number of pyridine rings is 1. The first-order valence-electron chi connectivity index (χ1n) is 10.2. The average Bonchev–Trinajstić information content (AvgIpc) is 2.75. The minimum absolute atomic E-state index is 0.263. The van der Waals surface area contributed by atoms with Crippen LogP contribution in [0, 0.1) is 18.6 Å². The van der Waals surface area contributed by atoms with Crippen LogP contribution in [-0.2, 0) is 0 Å². The zero-order chi connectivity index (χ0) is 21.6. The van der Waals surface area contributed by atoms with E-state index in [0.29, 0.717) is 5.56 Å². The molecule has 2 aliphatic rings. The molecule has 1 fully saturated rings. The van der Waals surface area contributed by atoms with Gasteiger partial charge in [0.05, 0.1) is 12.4 Å². The van der Waals surface area contributed by atoms with Crippen molar-refractivity contribution in [3.63, 3.8) is 0 Å². The number of carbonyl (C=O) groups excluding carboxylic acids is 1. The largest absolute Gasteiger partial charge is 0.482 e. The van der Waals surface area contributed by atoms with Gasteiger partial charge in [0.25, 0.3) is 5.91 Å². The van der Waals surface area contributed by atoms with E-state index in [2.05, 4.69) is 16.4 Å². The van der Waals surface area contributed by atoms with Crippen molar-refractivity contribution in [2.45, 2.75) is 31.8 Å². The quantitative estimate of drug-likeness (QED) is 0.597. The maximum absolute atomic E-state index is 13.8. The number of ether oxygens (including phenoxy) is 1. The van der Waals surface area contributed by atoms with Gasteiger partial charge < -0.3 is 10.1 Å². The van der Waals surface area contributed by atoms with Gasteiger partial charge in [0.2, 0.25) is 0 Å². The first-order valence-corrected chi connectivity index (χ1v) is 10.2. The number of hydrogen-bond donors (Lipinski definition) is 1. The van der Waals surface area contributed by atoms with Crippen molar-refractivity contribution in [1.29, 1.82) is 0 Å². The highest BCUT2D eigenvalue weighted by Crippen LogP contribution is 2.48. The number of anilines is 1. The fourth-order valence-electron chi connectivity index (χ4n) is 4.10. The van der Waals surface area contributed by atoms with Crippen LogP contribution in [0.4, 0.5) is 14.5 Å². The minimum atomic E-state index is -0.921. The second kappa shape index (κ2) is 7.30. The van der Waals surface area contributed by atoms with Gasteiger partial charge >= 0.3 is 0 Å². The summed E-state index contributed by atoms with van der Waals surface area (Å²) in [4.78, 5) is 15.9. The van der Waals surface area contributed by atoms with Gasteiger partial charge in [-0.15, -0.1) is 0 Å². The molecule has 1 aliphatic carbocycles. The van der Waals surface area contributed by atoms with Crippen molar-refractivity contribution in [2.24, 2.45) is 0 Å². The molecule has 2 aromatic carbocycles. The SMILES string of the molecule is Cc1cccc2c1OC1(C=C2c2ccc(C(=O)Nc3c(F)cncc3F)cc2)CCC1. The molecule has 0 bridgehead atoms. The van der Waals surface area contributed by atoms with Gasteiger partial charge in [-0.3, -0.25) is 9.78 Å². The molecule has 5 rings (SSSR count). The Bertz CT molecular complexity index is 1190. The number of fused-ring (bicyclic) bond motifs is 1. The number of halogens is 2. The van der Waals surface area contributed by atoms with Crippen LogP contribution in [0.1, 0.15) is 46.3 Å². The van der Waals surface area contributed by atoms with E-state index < -0.39 is 23.2 Å². The topological polar surface area (TPSA) is 51.2 Å². The molecule has 1 saturated carbocycles. The van der Waals surface area contributed by atoms with Gasteiger partial charge in [-0.2, -0.15) is 0 Å². The molecule has 3 aromatic rings. The molecule has 1 N–H and O–H groups in total. The highest BCUT2D eigenvalue weighted by molar-refractivity contribution is 6.04. The van der Waals surface area contributed by atoms with Crippen LogP contribution in [0.2, 0.25) is 0 Å². The summed E-state index contributed by atoms with van der Waals surface area (Å²) in [5.74, 6) is -1.53. The van der Waals surface area contributed by atoms with E-state index in [9.17, 15) is 13.6 Å². The van der Waals surface area contributed by atoms with Crippen molar-refractivity contribution in [2.75, 3.05) is 5.32 Å². The number of nitrogens with one attached hydrogen (secondary N) is 1. The van der Waals surface area contributed by atoms with Gasteiger partial charge in [-0.1, -0.05) is 30.3 Å². The van der Waals surface area contributed by atoms with Gasteiger partial charge in [0.1, 0.15) is 17.0 Å². The van der Waals surface area contributed by atoms with Crippen LogP contribution in [0.15, 0.2) is 60.9 Å². The van der Waals surface area contributed by atoms with Crippen molar-refractivity contribution < 1.29 is 18.3 Å². The van der Waals surface area contributed by atoms with E-state index in [0.717, 1.165) is 59.7 Å².